The van der Waals surface area contributed by atoms with Gasteiger partial charge in [0.05, 0.1) is 18.9 Å². The van der Waals surface area contributed by atoms with Crippen molar-refractivity contribution < 1.29 is 23.9 Å². The second-order valence-electron chi connectivity index (χ2n) is 9.46. The molecule has 33 heavy (non-hydrogen) atoms. The molecule has 0 bridgehead atoms. The minimum Gasteiger partial charge on any atom is -0.469 e. The lowest BCUT2D eigenvalue weighted by Crippen LogP contribution is -2.48. The van der Waals surface area contributed by atoms with Crippen molar-refractivity contribution in [2.75, 3.05) is 44.7 Å². The van der Waals surface area contributed by atoms with Crippen molar-refractivity contribution in [3.63, 3.8) is 0 Å². The molecule has 0 N–H and O–H groups in total. The van der Waals surface area contributed by atoms with E-state index in [1.165, 1.54) is 7.11 Å². The molecular weight excluding hydrogens is 422 g/mol. The fourth-order valence-corrected chi connectivity index (χ4v) is 5.21. The number of carbonyl (C=O) groups excluding carboxylic acids is 4. The summed E-state index contributed by atoms with van der Waals surface area (Å²) in [5, 5.41) is 0. The number of anilines is 1. The molecule has 1 aromatic carbocycles. The van der Waals surface area contributed by atoms with Gasteiger partial charge in [0.15, 0.2) is 0 Å². The first kappa shape index (κ1) is 23.3. The third-order valence-electron chi connectivity index (χ3n) is 7.32. The maximum atomic E-state index is 13.1. The largest absolute Gasteiger partial charge is 0.469 e. The Balaban J connectivity index is 1.26. The van der Waals surface area contributed by atoms with Crippen molar-refractivity contribution >= 4 is 29.4 Å². The molecule has 3 amide bonds. The zero-order chi connectivity index (χ0) is 23.5. The number of methoxy groups -OCH3 is 1. The van der Waals surface area contributed by atoms with E-state index in [9.17, 15) is 19.2 Å². The molecule has 1 atom stereocenters. The molecule has 4 rings (SSSR count). The van der Waals surface area contributed by atoms with Crippen molar-refractivity contribution in [3.8, 4) is 0 Å². The first-order valence-electron chi connectivity index (χ1n) is 11.9. The second-order valence-corrected chi connectivity index (χ2v) is 9.46. The zero-order valence-corrected chi connectivity index (χ0v) is 19.5. The number of rotatable bonds is 4. The standard InChI is InChI=1S/C25H33N3O5/c1-17-3-5-21(6-4-17)28-16-20(15-22(28)29)24(31)27-11-7-18(8-12-27)23(30)26-13-9-19(10-14-26)25(32)33-2/h3-6,18-20H,7-16H2,1-2H3. The van der Waals surface area contributed by atoms with Gasteiger partial charge < -0.3 is 19.4 Å². The van der Waals surface area contributed by atoms with E-state index >= 15 is 0 Å². The van der Waals surface area contributed by atoms with Gasteiger partial charge in [0.1, 0.15) is 0 Å². The number of nitrogens with zero attached hydrogens (tertiary/aromatic N) is 3. The van der Waals surface area contributed by atoms with Gasteiger partial charge >= 0.3 is 5.97 Å². The van der Waals surface area contributed by atoms with E-state index < -0.39 is 0 Å². The third kappa shape index (κ3) is 5.04. The van der Waals surface area contributed by atoms with Crippen LogP contribution in [0.25, 0.3) is 0 Å². The van der Waals surface area contributed by atoms with Crippen LogP contribution < -0.4 is 4.90 Å². The lowest BCUT2D eigenvalue weighted by atomic mass is 9.91. The maximum absolute atomic E-state index is 13.1. The number of piperidine rings is 2. The summed E-state index contributed by atoms with van der Waals surface area (Å²) in [6.07, 6.45) is 2.81. The van der Waals surface area contributed by atoms with Crippen LogP contribution in [0.3, 0.4) is 0 Å². The highest BCUT2D eigenvalue weighted by Crippen LogP contribution is 2.29. The number of carbonyl (C=O) groups is 4. The average Bonchev–Trinajstić information content (AvgIpc) is 3.24. The van der Waals surface area contributed by atoms with E-state index in [-0.39, 0.29) is 47.9 Å². The van der Waals surface area contributed by atoms with E-state index in [0.717, 1.165) is 11.3 Å². The molecule has 8 nitrogen and oxygen atoms in total. The molecule has 0 spiro atoms. The van der Waals surface area contributed by atoms with Gasteiger partial charge in [0.25, 0.3) is 0 Å². The van der Waals surface area contributed by atoms with Gasteiger partial charge in [-0.25, -0.2) is 0 Å². The molecule has 178 valence electrons. The molecule has 1 aromatic rings. The summed E-state index contributed by atoms with van der Waals surface area (Å²) < 4.78 is 4.82. The summed E-state index contributed by atoms with van der Waals surface area (Å²) >= 11 is 0. The van der Waals surface area contributed by atoms with Gasteiger partial charge in [-0.1, -0.05) is 17.7 Å². The number of hydrogen-bond donors (Lipinski definition) is 0. The number of aryl methyl sites for hydroxylation is 1. The van der Waals surface area contributed by atoms with Gasteiger partial charge in [0, 0.05) is 50.7 Å². The Morgan fingerprint density at radius 1 is 0.818 bits per heavy atom. The molecule has 3 heterocycles. The summed E-state index contributed by atoms with van der Waals surface area (Å²) in [6.45, 7) is 4.66. The zero-order valence-electron chi connectivity index (χ0n) is 19.5. The van der Waals surface area contributed by atoms with Gasteiger partial charge in [-0.15, -0.1) is 0 Å². The lowest BCUT2D eigenvalue weighted by molar-refractivity contribution is -0.150. The summed E-state index contributed by atoms with van der Waals surface area (Å²) in [7, 11) is 1.40. The van der Waals surface area contributed by atoms with Gasteiger partial charge in [-0.05, 0) is 44.7 Å². The van der Waals surface area contributed by atoms with Crippen molar-refractivity contribution in [3.05, 3.63) is 29.8 Å². The number of hydrogen-bond acceptors (Lipinski definition) is 5. The van der Waals surface area contributed by atoms with Crippen LogP contribution >= 0.6 is 0 Å². The van der Waals surface area contributed by atoms with Crippen molar-refractivity contribution in [1.82, 2.24) is 9.80 Å². The minimum atomic E-state index is -0.330. The lowest BCUT2D eigenvalue weighted by Gasteiger charge is -2.37. The smallest absolute Gasteiger partial charge is 0.308 e. The summed E-state index contributed by atoms with van der Waals surface area (Å²) in [5.41, 5.74) is 1.96. The Bertz CT molecular complexity index is 899. The number of esters is 1. The number of ether oxygens (including phenoxy) is 1. The maximum Gasteiger partial charge on any atom is 0.308 e. The van der Waals surface area contributed by atoms with Crippen LogP contribution in [-0.4, -0.2) is 73.3 Å². The summed E-state index contributed by atoms with van der Waals surface area (Å²) in [4.78, 5) is 55.7. The number of benzene rings is 1. The van der Waals surface area contributed by atoms with Crippen LogP contribution in [0.4, 0.5) is 5.69 Å². The molecule has 1 unspecified atom stereocenters. The van der Waals surface area contributed by atoms with Crippen molar-refractivity contribution in [2.24, 2.45) is 17.8 Å². The fourth-order valence-electron chi connectivity index (χ4n) is 5.21. The fraction of sp³-hybridized carbons (Fsp3) is 0.600. The molecule has 3 saturated heterocycles. The van der Waals surface area contributed by atoms with E-state index in [1.54, 1.807) is 4.90 Å². The Hall–Kier alpha value is -2.90. The van der Waals surface area contributed by atoms with Crippen LogP contribution in [0.15, 0.2) is 24.3 Å². The van der Waals surface area contributed by atoms with E-state index in [4.69, 9.17) is 4.74 Å². The first-order valence-corrected chi connectivity index (χ1v) is 11.9. The topological polar surface area (TPSA) is 87.2 Å². The number of likely N-dealkylation sites (tertiary alicyclic amines) is 2. The van der Waals surface area contributed by atoms with Crippen LogP contribution in [-0.2, 0) is 23.9 Å². The van der Waals surface area contributed by atoms with Crippen molar-refractivity contribution in [1.29, 1.82) is 0 Å². The Labute approximate surface area is 194 Å². The Kier molecular flexibility index (Phi) is 7.00. The molecule has 3 aliphatic rings. The minimum absolute atomic E-state index is 0.0161. The van der Waals surface area contributed by atoms with Crippen LogP contribution in [0, 0.1) is 24.7 Å². The summed E-state index contributed by atoms with van der Waals surface area (Å²) in [6, 6.07) is 7.78. The predicted octanol–water partition coefficient (Wildman–Crippen LogP) is 2.00. The highest BCUT2D eigenvalue weighted by Gasteiger charge is 2.39. The van der Waals surface area contributed by atoms with Crippen LogP contribution in [0.5, 0.6) is 0 Å². The third-order valence-corrected chi connectivity index (χ3v) is 7.32. The van der Waals surface area contributed by atoms with Crippen LogP contribution in [0.1, 0.15) is 37.7 Å². The van der Waals surface area contributed by atoms with E-state index in [0.29, 0.717) is 58.4 Å². The molecule has 0 saturated carbocycles. The van der Waals surface area contributed by atoms with Gasteiger partial charge in [0.2, 0.25) is 17.7 Å². The monoisotopic (exact) mass is 455 g/mol. The SMILES string of the molecule is COC(=O)C1CCN(C(=O)C2CCN(C(=O)C3CC(=O)N(c4ccc(C)cc4)C3)CC2)CC1. The first-order chi connectivity index (χ1) is 15.9. The Morgan fingerprint density at radius 3 is 1.88 bits per heavy atom. The molecule has 0 radical (unpaired) electrons. The molecule has 0 aliphatic carbocycles. The molecule has 0 aromatic heterocycles. The van der Waals surface area contributed by atoms with Crippen LogP contribution in [0.2, 0.25) is 0 Å². The predicted molar refractivity (Wildman–Crippen MR) is 122 cm³/mol. The van der Waals surface area contributed by atoms with Gasteiger partial charge in [-0.2, -0.15) is 0 Å². The van der Waals surface area contributed by atoms with E-state index in [2.05, 4.69) is 0 Å². The quantitative estimate of drug-likeness (QED) is 0.648. The van der Waals surface area contributed by atoms with Gasteiger partial charge in [-0.3, -0.25) is 19.2 Å². The number of amides is 3. The average molecular weight is 456 g/mol. The van der Waals surface area contributed by atoms with E-state index in [1.807, 2.05) is 41.0 Å². The molecule has 3 fully saturated rings. The molecule has 8 heteroatoms. The van der Waals surface area contributed by atoms with Crippen molar-refractivity contribution in [2.45, 2.75) is 39.0 Å². The normalized spacial score (nSPS) is 22.5. The molecule has 3 aliphatic heterocycles. The molecular formula is C25H33N3O5. The Morgan fingerprint density at radius 2 is 1.33 bits per heavy atom. The highest BCUT2D eigenvalue weighted by molar-refractivity contribution is 6.00. The second kappa shape index (κ2) is 9.93. The summed E-state index contributed by atoms with van der Waals surface area (Å²) in [5.74, 6) is -0.596. The highest BCUT2D eigenvalue weighted by atomic mass is 16.5.